The van der Waals surface area contributed by atoms with Crippen LogP contribution in [0.5, 0.6) is 0 Å². The summed E-state index contributed by atoms with van der Waals surface area (Å²) in [5, 5.41) is 0. The molecule has 0 aliphatic heterocycles. The number of anilines is 1. The molecule has 1 rings (SSSR count). The number of hydrogen-bond acceptors (Lipinski definition) is 1. The van der Waals surface area contributed by atoms with Crippen LogP contribution in [0.4, 0.5) is 5.69 Å². The first-order chi connectivity index (χ1) is 5.29. The maximum atomic E-state index is 5.88. The summed E-state index contributed by atoms with van der Waals surface area (Å²) < 4.78 is 0. The van der Waals surface area contributed by atoms with Crippen molar-refractivity contribution in [2.75, 3.05) is 5.73 Å². The van der Waals surface area contributed by atoms with E-state index in [0.717, 1.165) is 18.5 Å². The third-order valence-electron chi connectivity index (χ3n) is 1.97. The minimum Gasteiger partial charge on any atom is -0.398 e. The first-order valence-corrected chi connectivity index (χ1v) is 4.06. The Morgan fingerprint density at radius 2 is 1.64 bits per heavy atom. The number of hydrogen-bond donors (Lipinski definition) is 1. The zero-order valence-electron chi connectivity index (χ0n) is 7.15. The van der Waals surface area contributed by atoms with E-state index in [4.69, 9.17) is 5.73 Å². The number of benzene rings is 1. The summed E-state index contributed by atoms with van der Waals surface area (Å²) >= 11 is 0. The van der Waals surface area contributed by atoms with Crippen molar-refractivity contribution in [1.82, 2.24) is 0 Å². The summed E-state index contributed by atoms with van der Waals surface area (Å²) in [6, 6.07) is 7.03. The summed E-state index contributed by atoms with van der Waals surface area (Å²) in [4.78, 5) is 0. The summed E-state index contributed by atoms with van der Waals surface area (Å²) in [5.41, 5.74) is 9.26. The van der Waals surface area contributed by atoms with E-state index in [1.165, 1.54) is 11.1 Å². The second-order valence-corrected chi connectivity index (χ2v) is 2.63. The van der Waals surface area contributed by atoms with Crippen LogP contribution in [-0.2, 0) is 12.8 Å². The van der Waals surface area contributed by atoms with Crippen LogP contribution in [0.3, 0.4) is 0 Å². The first kappa shape index (κ1) is 8.12. The number of aryl methyl sites for hydroxylation is 2. The molecule has 1 aromatic rings. The SMILES string of the molecule is CCc1c[c]cc(CC)c1N. The van der Waals surface area contributed by atoms with Gasteiger partial charge in [-0.1, -0.05) is 13.8 Å². The average molecular weight is 148 g/mol. The summed E-state index contributed by atoms with van der Waals surface area (Å²) in [6.07, 6.45) is 1.99. The largest absolute Gasteiger partial charge is 0.398 e. The van der Waals surface area contributed by atoms with Gasteiger partial charge in [-0.05, 0) is 42.2 Å². The molecule has 0 aliphatic rings. The van der Waals surface area contributed by atoms with Gasteiger partial charge in [0.2, 0.25) is 0 Å². The molecule has 0 fully saturated rings. The molecule has 59 valence electrons. The lowest BCUT2D eigenvalue weighted by molar-refractivity contribution is 1.09. The van der Waals surface area contributed by atoms with Crippen LogP contribution < -0.4 is 5.73 Å². The van der Waals surface area contributed by atoms with E-state index in [1.807, 2.05) is 12.1 Å². The zero-order chi connectivity index (χ0) is 8.27. The second-order valence-electron chi connectivity index (χ2n) is 2.63. The van der Waals surface area contributed by atoms with E-state index in [9.17, 15) is 0 Å². The lowest BCUT2D eigenvalue weighted by Crippen LogP contribution is -1.97. The number of rotatable bonds is 2. The van der Waals surface area contributed by atoms with Crippen molar-refractivity contribution < 1.29 is 0 Å². The second kappa shape index (κ2) is 3.42. The third-order valence-corrected chi connectivity index (χ3v) is 1.97. The standard InChI is InChI=1S/C10H14N/c1-3-8-6-5-7-9(4-2)10(8)11/h6-7H,3-4,11H2,1-2H3. The lowest BCUT2D eigenvalue weighted by atomic mass is 10.0. The fourth-order valence-electron chi connectivity index (χ4n) is 1.19. The van der Waals surface area contributed by atoms with Crippen LogP contribution in [0.25, 0.3) is 0 Å². The highest BCUT2D eigenvalue weighted by Gasteiger charge is 1.99. The fraction of sp³-hybridized carbons (Fsp3) is 0.400. The van der Waals surface area contributed by atoms with Crippen molar-refractivity contribution in [3.8, 4) is 0 Å². The van der Waals surface area contributed by atoms with Crippen molar-refractivity contribution in [3.63, 3.8) is 0 Å². The van der Waals surface area contributed by atoms with Crippen LogP contribution in [0.2, 0.25) is 0 Å². The van der Waals surface area contributed by atoms with Gasteiger partial charge in [0, 0.05) is 5.69 Å². The van der Waals surface area contributed by atoms with Gasteiger partial charge < -0.3 is 5.73 Å². The van der Waals surface area contributed by atoms with Crippen LogP contribution in [0, 0.1) is 6.07 Å². The third kappa shape index (κ3) is 1.53. The minimum atomic E-state index is 0.953. The van der Waals surface area contributed by atoms with Gasteiger partial charge in [0.15, 0.2) is 0 Å². The molecular weight excluding hydrogens is 134 g/mol. The molecule has 0 atom stereocenters. The molecule has 0 spiro atoms. The van der Waals surface area contributed by atoms with Gasteiger partial charge in [-0.25, -0.2) is 0 Å². The van der Waals surface area contributed by atoms with Crippen molar-refractivity contribution in [2.45, 2.75) is 26.7 Å². The number of nitrogen functional groups attached to an aromatic ring is 1. The Hall–Kier alpha value is -0.980. The highest BCUT2D eigenvalue weighted by Crippen LogP contribution is 2.17. The maximum Gasteiger partial charge on any atom is 0.0379 e. The maximum absolute atomic E-state index is 5.88. The van der Waals surface area contributed by atoms with Crippen LogP contribution >= 0.6 is 0 Å². The van der Waals surface area contributed by atoms with Gasteiger partial charge in [0.25, 0.3) is 0 Å². The van der Waals surface area contributed by atoms with Gasteiger partial charge >= 0.3 is 0 Å². The quantitative estimate of drug-likeness (QED) is 0.639. The van der Waals surface area contributed by atoms with E-state index in [-0.39, 0.29) is 0 Å². The minimum absolute atomic E-state index is 0.953. The van der Waals surface area contributed by atoms with E-state index in [2.05, 4.69) is 19.9 Å². The molecular formula is C10H14N. The molecule has 1 heteroatoms. The molecule has 0 aromatic heterocycles. The Bertz CT molecular complexity index is 218. The first-order valence-electron chi connectivity index (χ1n) is 4.06. The molecule has 0 aliphatic carbocycles. The molecule has 2 N–H and O–H groups in total. The van der Waals surface area contributed by atoms with Gasteiger partial charge in [-0.3, -0.25) is 0 Å². The van der Waals surface area contributed by atoms with Gasteiger partial charge in [0.1, 0.15) is 0 Å². The van der Waals surface area contributed by atoms with Gasteiger partial charge in [0.05, 0.1) is 0 Å². The molecule has 11 heavy (non-hydrogen) atoms. The summed E-state index contributed by atoms with van der Waals surface area (Å²) in [7, 11) is 0. The van der Waals surface area contributed by atoms with E-state index >= 15 is 0 Å². The molecule has 1 aromatic carbocycles. The van der Waals surface area contributed by atoms with Crippen molar-refractivity contribution in [1.29, 1.82) is 0 Å². The highest BCUT2D eigenvalue weighted by atomic mass is 14.6. The van der Waals surface area contributed by atoms with E-state index in [0.29, 0.717) is 0 Å². The Kier molecular flexibility index (Phi) is 2.53. The topological polar surface area (TPSA) is 26.0 Å². The normalized spacial score (nSPS) is 10.0. The molecule has 1 nitrogen and oxygen atoms in total. The molecule has 0 bridgehead atoms. The smallest absolute Gasteiger partial charge is 0.0379 e. The molecule has 0 saturated heterocycles. The Morgan fingerprint density at radius 3 is 2.00 bits per heavy atom. The van der Waals surface area contributed by atoms with Crippen molar-refractivity contribution >= 4 is 5.69 Å². The van der Waals surface area contributed by atoms with Gasteiger partial charge in [-0.2, -0.15) is 0 Å². The van der Waals surface area contributed by atoms with Crippen molar-refractivity contribution in [3.05, 3.63) is 29.3 Å². The van der Waals surface area contributed by atoms with E-state index in [1.54, 1.807) is 0 Å². The average Bonchev–Trinajstić information content (AvgIpc) is 2.05. The van der Waals surface area contributed by atoms with Crippen LogP contribution in [0.15, 0.2) is 12.1 Å². The fourth-order valence-corrected chi connectivity index (χ4v) is 1.19. The predicted octanol–water partition coefficient (Wildman–Crippen LogP) is 2.19. The molecule has 0 saturated carbocycles. The summed E-state index contributed by atoms with van der Waals surface area (Å²) in [5.74, 6) is 0. The predicted molar refractivity (Wildman–Crippen MR) is 48.4 cm³/mol. The summed E-state index contributed by atoms with van der Waals surface area (Å²) in [6.45, 7) is 4.22. The Balaban J connectivity index is 3.10. The van der Waals surface area contributed by atoms with Crippen molar-refractivity contribution in [2.24, 2.45) is 0 Å². The molecule has 1 radical (unpaired) electrons. The lowest BCUT2D eigenvalue weighted by Gasteiger charge is -2.06. The molecule has 0 amide bonds. The number of nitrogens with two attached hydrogens (primary N) is 1. The monoisotopic (exact) mass is 148 g/mol. The Labute approximate surface area is 68.2 Å². The van der Waals surface area contributed by atoms with Crippen LogP contribution in [0.1, 0.15) is 25.0 Å². The molecule has 0 heterocycles. The van der Waals surface area contributed by atoms with E-state index < -0.39 is 0 Å². The van der Waals surface area contributed by atoms with Gasteiger partial charge in [-0.15, -0.1) is 0 Å². The highest BCUT2D eigenvalue weighted by molar-refractivity contribution is 5.53. The molecule has 0 unspecified atom stereocenters. The zero-order valence-corrected chi connectivity index (χ0v) is 7.15. The Morgan fingerprint density at radius 1 is 1.18 bits per heavy atom. The van der Waals surface area contributed by atoms with Crippen LogP contribution in [-0.4, -0.2) is 0 Å².